The molecule has 0 unspecified atom stereocenters. The smallest absolute Gasteiger partial charge is 0.352 e. The molecule has 0 atom stereocenters. The van der Waals surface area contributed by atoms with Gasteiger partial charge in [-0.3, -0.25) is 9.48 Å². The number of amides is 1. The van der Waals surface area contributed by atoms with E-state index in [1.54, 1.807) is 0 Å². The SMILES string of the molecule is CC(C)N1CC(CNC(=O)c2cn(C)nc2C(F)(F)F)C1. The lowest BCUT2D eigenvalue weighted by Gasteiger charge is -2.42. The fourth-order valence-electron chi connectivity index (χ4n) is 2.36. The maximum atomic E-state index is 12.8. The van der Waals surface area contributed by atoms with Crippen molar-refractivity contribution in [3.05, 3.63) is 17.5 Å². The number of carbonyl (C=O) groups is 1. The standard InChI is InChI=1S/C13H19F3N4O/c1-8(2)20-5-9(6-20)4-17-12(21)10-7-19(3)18-11(10)13(14,15)16/h7-9H,4-6H2,1-3H3,(H,17,21). The highest BCUT2D eigenvalue weighted by molar-refractivity contribution is 5.95. The van der Waals surface area contributed by atoms with E-state index in [4.69, 9.17) is 0 Å². The Hall–Kier alpha value is -1.57. The van der Waals surface area contributed by atoms with Gasteiger partial charge in [0.1, 0.15) is 0 Å². The Bertz CT molecular complexity index is 518. The molecule has 2 heterocycles. The minimum atomic E-state index is -4.63. The molecule has 0 aliphatic carbocycles. The van der Waals surface area contributed by atoms with Crippen molar-refractivity contribution in [1.29, 1.82) is 0 Å². The molecule has 21 heavy (non-hydrogen) atoms. The van der Waals surface area contributed by atoms with Crippen molar-refractivity contribution in [2.24, 2.45) is 13.0 Å². The highest BCUT2D eigenvalue weighted by atomic mass is 19.4. The molecule has 1 N–H and O–H groups in total. The van der Waals surface area contributed by atoms with Crippen molar-refractivity contribution in [3.8, 4) is 0 Å². The molecule has 1 amide bonds. The first-order valence-corrected chi connectivity index (χ1v) is 6.81. The first kappa shape index (κ1) is 15.8. The molecule has 1 aromatic rings. The van der Waals surface area contributed by atoms with Gasteiger partial charge in [-0.2, -0.15) is 18.3 Å². The number of likely N-dealkylation sites (tertiary alicyclic amines) is 1. The van der Waals surface area contributed by atoms with Crippen LogP contribution < -0.4 is 5.32 Å². The number of hydrogen-bond acceptors (Lipinski definition) is 3. The zero-order valence-corrected chi connectivity index (χ0v) is 12.2. The fourth-order valence-corrected chi connectivity index (χ4v) is 2.36. The maximum Gasteiger partial charge on any atom is 0.435 e. The van der Waals surface area contributed by atoms with E-state index in [1.807, 2.05) is 0 Å². The first-order chi connectivity index (χ1) is 9.68. The summed E-state index contributed by atoms with van der Waals surface area (Å²) in [4.78, 5) is 14.1. The van der Waals surface area contributed by atoms with Crippen LogP contribution in [0.5, 0.6) is 0 Å². The van der Waals surface area contributed by atoms with Crippen LogP contribution in [0, 0.1) is 5.92 Å². The lowest BCUT2D eigenvalue weighted by atomic mass is 9.98. The van der Waals surface area contributed by atoms with Crippen LogP contribution in [0.1, 0.15) is 29.9 Å². The van der Waals surface area contributed by atoms with Gasteiger partial charge in [0.25, 0.3) is 5.91 Å². The molecular formula is C13H19F3N4O. The molecule has 1 saturated heterocycles. The highest BCUT2D eigenvalue weighted by Gasteiger charge is 2.39. The third kappa shape index (κ3) is 3.55. The zero-order chi connectivity index (χ0) is 15.8. The Morgan fingerprint density at radius 2 is 2.10 bits per heavy atom. The molecule has 1 aliphatic rings. The number of halogens is 3. The molecular weight excluding hydrogens is 285 g/mol. The molecule has 0 saturated carbocycles. The van der Waals surface area contributed by atoms with Crippen LogP contribution in [0.3, 0.4) is 0 Å². The van der Waals surface area contributed by atoms with Gasteiger partial charge in [-0.25, -0.2) is 0 Å². The molecule has 5 nitrogen and oxygen atoms in total. The molecule has 0 spiro atoms. The average Bonchev–Trinajstić information content (AvgIpc) is 2.68. The van der Waals surface area contributed by atoms with Gasteiger partial charge in [-0.15, -0.1) is 0 Å². The quantitative estimate of drug-likeness (QED) is 0.917. The summed E-state index contributed by atoms with van der Waals surface area (Å²) >= 11 is 0. The van der Waals surface area contributed by atoms with Crippen LogP contribution in [0.2, 0.25) is 0 Å². The lowest BCUT2D eigenvalue weighted by Crippen LogP contribution is -2.53. The van der Waals surface area contributed by atoms with E-state index < -0.39 is 23.3 Å². The maximum absolute atomic E-state index is 12.8. The fraction of sp³-hybridized carbons (Fsp3) is 0.692. The molecule has 118 valence electrons. The van der Waals surface area contributed by atoms with Gasteiger partial charge in [0.05, 0.1) is 5.56 Å². The summed E-state index contributed by atoms with van der Waals surface area (Å²) in [5, 5.41) is 5.89. The Labute approximate surface area is 121 Å². The monoisotopic (exact) mass is 304 g/mol. The van der Waals surface area contributed by atoms with Gasteiger partial charge < -0.3 is 10.2 Å². The first-order valence-electron chi connectivity index (χ1n) is 6.81. The van der Waals surface area contributed by atoms with Crippen molar-refractivity contribution in [3.63, 3.8) is 0 Å². The number of hydrogen-bond donors (Lipinski definition) is 1. The van der Waals surface area contributed by atoms with Crippen molar-refractivity contribution < 1.29 is 18.0 Å². The number of nitrogens with one attached hydrogen (secondary N) is 1. The average molecular weight is 304 g/mol. The Kier molecular flexibility index (Phi) is 4.27. The Balaban J connectivity index is 1.93. The molecule has 1 aromatic heterocycles. The minimum absolute atomic E-state index is 0.294. The third-order valence-electron chi connectivity index (χ3n) is 3.61. The molecule has 2 rings (SSSR count). The van der Waals surface area contributed by atoms with Crippen LogP contribution in [-0.2, 0) is 13.2 Å². The number of rotatable bonds is 4. The van der Waals surface area contributed by atoms with Crippen LogP contribution in [0.15, 0.2) is 6.20 Å². The van der Waals surface area contributed by atoms with E-state index in [0.717, 1.165) is 24.0 Å². The second kappa shape index (κ2) is 5.67. The van der Waals surface area contributed by atoms with Crippen molar-refractivity contribution >= 4 is 5.91 Å². The number of aromatic nitrogens is 2. The number of carbonyl (C=O) groups excluding carboxylic acids is 1. The van der Waals surface area contributed by atoms with E-state index >= 15 is 0 Å². The molecule has 1 fully saturated rings. The van der Waals surface area contributed by atoms with Gasteiger partial charge in [-0.1, -0.05) is 0 Å². The van der Waals surface area contributed by atoms with Gasteiger partial charge >= 0.3 is 6.18 Å². The third-order valence-corrected chi connectivity index (χ3v) is 3.61. The van der Waals surface area contributed by atoms with E-state index in [9.17, 15) is 18.0 Å². The van der Waals surface area contributed by atoms with Crippen LogP contribution in [0.4, 0.5) is 13.2 Å². The van der Waals surface area contributed by atoms with Crippen molar-refractivity contribution in [2.75, 3.05) is 19.6 Å². The summed E-state index contributed by atoms with van der Waals surface area (Å²) in [6, 6.07) is 0.451. The summed E-state index contributed by atoms with van der Waals surface area (Å²) in [7, 11) is 1.36. The van der Waals surface area contributed by atoms with E-state index in [2.05, 4.69) is 29.2 Å². The van der Waals surface area contributed by atoms with Crippen molar-refractivity contribution in [1.82, 2.24) is 20.0 Å². The molecule has 8 heteroatoms. The summed E-state index contributed by atoms with van der Waals surface area (Å²) in [5.74, 6) is -0.430. The van der Waals surface area contributed by atoms with Gasteiger partial charge in [-0.05, 0) is 13.8 Å². The Morgan fingerprint density at radius 1 is 1.48 bits per heavy atom. The predicted octanol–water partition coefficient (Wildman–Crippen LogP) is 1.51. The number of aryl methyl sites for hydroxylation is 1. The predicted molar refractivity (Wildman–Crippen MR) is 70.7 cm³/mol. The zero-order valence-electron chi connectivity index (χ0n) is 12.2. The topological polar surface area (TPSA) is 50.2 Å². The summed E-state index contributed by atoms with van der Waals surface area (Å²) < 4.78 is 39.3. The number of nitrogens with zero attached hydrogens (tertiary/aromatic N) is 3. The number of alkyl halides is 3. The highest BCUT2D eigenvalue weighted by Crippen LogP contribution is 2.30. The molecule has 0 radical (unpaired) electrons. The van der Waals surface area contributed by atoms with Crippen LogP contribution in [-0.4, -0.2) is 46.3 Å². The normalized spacial score (nSPS) is 17.1. The van der Waals surface area contributed by atoms with Crippen LogP contribution in [0.25, 0.3) is 0 Å². The van der Waals surface area contributed by atoms with Gasteiger partial charge in [0.15, 0.2) is 5.69 Å². The lowest BCUT2D eigenvalue weighted by molar-refractivity contribution is -0.141. The van der Waals surface area contributed by atoms with Crippen molar-refractivity contribution in [2.45, 2.75) is 26.1 Å². The summed E-state index contributed by atoms with van der Waals surface area (Å²) in [6.07, 6.45) is -3.53. The van der Waals surface area contributed by atoms with E-state index in [-0.39, 0.29) is 0 Å². The summed E-state index contributed by atoms with van der Waals surface area (Å²) in [6.45, 7) is 6.27. The molecule has 0 bridgehead atoms. The Morgan fingerprint density at radius 3 is 2.62 bits per heavy atom. The molecule has 0 aromatic carbocycles. The second-order valence-electron chi connectivity index (χ2n) is 5.69. The largest absolute Gasteiger partial charge is 0.435 e. The summed E-state index contributed by atoms with van der Waals surface area (Å²) in [5.41, 5.74) is -1.56. The minimum Gasteiger partial charge on any atom is -0.352 e. The van der Waals surface area contributed by atoms with Gasteiger partial charge in [0.2, 0.25) is 0 Å². The second-order valence-corrected chi connectivity index (χ2v) is 5.69. The van der Waals surface area contributed by atoms with Gasteiger partial charge in [0, 0.05) is 44.8 Å². The molecule has 1 aliphatic heterocycles. The van der Waals surface area contributed by atoms with E-state index in [1.165, 1.54) is 7.05 Å². The van der Waals surface area contributed by atoms with E-state index in [0.29, 0.717) is 18.5 Å². The van der Waals surface area contributed by atoms with Crippen LogP contribution >= 0.6 is 0 Å².